The first-order valence-electron chi connectivity index (χ1n) is 7.62. The Balaban J connectivity index is 1.61. The Morgan fingerprint density at radius 2 is 2.11 bits per heavy atom. The zero-order valence-electron chi connectivity index (χ0n) is 12.0. The van der Waals surface area contributed by atoms with E-state index in [9.17, 15) is 0 Å². The van der Waals surface area contributed by atoms with Crippen LogP contribution in [0.1, 0.15) is 19.8 Å². The zero-order valence-corrected chi connectivity index (χ0v) is 12.8. The molecule has 19 heavy (non-hydrogen) atoms. The fraction of sp³-hybridized carbons (Fsp3) is 1.00. The highest BCUT2D eigenvalue weighted by atomic mass is 32.2. The van der Waals surface area contributed by atoms with Gasteiger partial charge in [-0.3, -0.25) is 9.80 Å². The molecule has 3 fully saturated rings. The molecule has 3 aliphatic heterocycles. The third kappa shape index (κ3) is 2.81. The molecule has 0 saturated carbocycles. The normalized spacial score (nSPS) is 42.0. The van der Waals surface area contributed by atoms with Gasteiger partial charge in [0, 0.05) is 55.3 Å². The molecule has 0 spiro atoms. The molecule has 0 aliphatic carbocycles. The fourth-order valence-electron chi connectivity index (χ4n) is 3.86. The van der Waals surface area contributed by atoms with Crippen LogP contribution < -0.4 is 5.73 Å². The highest BCUT2D eigenvalue weighted by Gasteiger charge is 2.45. The summed E-state index contributed by atoms with van der Waals surface area (Å²) in [5.41, 5.74) is 6.43. The Morgan fingerprint density at radius 1 is 1.32 bits per heavy atom. The van der Waals surface area contributed by atoms with Gasteiger partial charge in [-0.2, -0.15) is 11.8 Å². The molecule has 3 heterocycles. The molecule has 0 bridgehead atoms. The summed E-state index contributed by atoms with van der Waals surface area (Å²) in [5, 5.41) is 0.769. The standard InChI is InChI=1S/C14H27N3OS/c1-12-8-14(10-15,11-19-12)17-3-2-13(9-17)16-4-6-18-7-5-16/h12-13H,2-11,15H2,1H3. The third-order valence-electron chi connectivity index (χ3n) is 5.08. The molecule has 0 radical (unpaired) electrons. The molecule has 0 aromatic carbocycles. The van der Waals surface area contributed by atoms with Crippen molar-refractivity contribution in [1.82, 2.24) is 9.80 Å². The number of ether oxygens (including phenoxy) is 1. The van der Waals surface area contributed by atoms with Gasteiger partial charge in [0.05, 0.1) is 13.2 Å². The van der Waals surface area contributed by atoms with Crippen LogP contribution in [-0.4, -0.2) is 78.3 Å². The van der Waals surface area contributed by atoms with Gasteiger partial charge in [-0.1, -0.05) is 6.92 Å². The Morgan fingerprint density at radius 3 is 2.74 bits per heavy atom. The summed E-state index contributed by atoms with van der Waals surface area (Å²) >= 11 is 2.10. The van der Waals surface area contributed by atoms with Crippen LogP contribution in [0, 0.1) is 0 Å². The van der Waals surface area contributed by atoms with Crippen molar-refractivity contribution in [3.05, 3.63) is 0 Å². The highest BCUT2D eigenvalue weighted by Crippen LogP contribution is 2.40. The van der Waals surface area contributed by atoms with Crippen LogP contribution in [-0.2, 0) is 4.74 Å². The van der Waals surface area contributed by atoms with Crippen molar-refractivity contribution in [2.75, 3.05) is 51.7 Å². The summed E-state index contributed by atoms with van der Waals surface area (Å²) in [7, 11) is 0. The largest absolute Gasteiger partial charge is 0.379 e. The molecule has 0 aromatic heterocycles. The van der Waals surface area contributed by atoms with E-state index < -0.39 is 0 Å². The molecule has 3 saturated heterocycles. The number of thioether (sulfide) groups is 1. The van der Waals surface area contributed by atoms with Gasteiger partial charge >= 0.3 is 0 Å². The minimum atomic E-state index is 0.283. The monoisotopic (exact) mass is 285 g/mol. The van der Waals surface area contributed by atoms with E-state index in [0.29, 0.717) is 0 Å². The molecule has 3 aliphatic rings. The number of morpholine rings is 1. The van der Waals surface area contributed by atoms with E-state index in [2.05, 4.69) is 28.5 Å². The molecule has 5 heteroatoms. The van der Waals surface area contributed by atoms with Crippen LogP contribution in [0.25, 0.3) is 0 Å². The van der Waals surface area contributed by atoms with Gasteiger partial charge in [-0.15, -0.1) is 0 Å². The van der Waals surface area contributed by atoms with Gasteiger partial charge in [0.15, 0.2) is 0 Å². The van der Waals surface area contributed by atoms with E-state index in [-0.39, 0.29) is 5.54 Å². The minimum absolute atomic E-state index is 0.283. The second-order valence-corrected chi connectivity index (χ2v) is 7.72. The molecular formula is C14H27N3OS. The second-order valence-electron chi connectivity index (χ2n) is 6.29. The molecule has 2 N–H and O–H groups in total. The predicted octanol–water partition coefficient (Wildman–Crippen LogP) is 0.616. The Labute approximate surface area is 121 Å². The summed E-state index contributed by atoms with van der Waals surface area (Å²) < 4.78 is 5.46. The number of hydrogen-bond donors (Lipinski definition) is 1. The zero-order chi connectivity index (χ0) is 13.3. The number of rotatable bonds is 3. The second kappa shape index (κ2) is 5.90. The lowest BCUT2D eigenvalue weighted by molar-refractivity contribution is 0.0156. The molecular weight excluding hydrogens is 258 g/mol. The Kier molecular flexibility index (Phi) is 4.39. The van der Waals surface area contributed by atoms with Crippen molar-refractivity contribution in [2.24, 2.45) is 5.73 Å². The van der Waals surface area contributed by atoms with Gasteiger partial charge in [0.1, 0.15) is 0 Å². The number of likely N-dealkylation sites (tertiary alicyclic amines) is 1. The Hall–Kier alpha value is 0.190. The van der Waals surface area contributed by atoms with Crippen LogP contribution in [0.2, 0.25) is 0 Å². The SMILES string of the molecule is CC1CC(CN)(N2CCC(N3CCOCC3)C2)CS1. The lowest BCUT2D eigenvalue weighted by Gasteiger charge is -2.39. The average Bonchev–Trinajstić information content (AvgIpc) is 3.07. The van der Waals surface area contributed by atoms with Gasteiger partial charge in [-0.05, 0) is 12.8 Å². The van der Waals surface area contributed by atoms with E-state index >= 15 is 0 Å². The van der Waals surface area contributed by atoms with Crippen LogP contribution in [0.5, 0.6) is 0 Å². The highest BCUT2D eigenvalue weighted by molar-refractivity contribution is 8.00. The summed E-state index contributed by atoms with van der Waals surface area (Å²) in [6.45, 7) is 9.64. The van der Waals surface area contributed by atoms with E-state index in [1.807, 2.05) is 0 Å². The first-order valence-corrected chi connectivity index (χ1v) is 8.67. The maximum Gasteiger partial charge on any atom is 0.0594 e. The maximum absolute atomic E-state index is 6.15. The summed E-state index contributed by atoms with van der Waals surface area (Å²) in [5.74, 6) is 1.22. The van der Waals surface area contributed by atoms with Crippen molar-refractivity contribution in [3.8, 4) is 0 Å². The molecule has 4 nitrogen and oxygen atoms in total. The number of hydrogen-bond acceptors (Lipinski definition) is 5. The van der Waals surface area contributed by atoms with Crippen LogP contribution in [0.15, 0.2) is 0 Å². The summed E-state index contributed by atoms with van der Waals surface area (Å²) in [6.07, 6.45) is 2.57. The topological polar surface area (TPSA) is 41.7 Å². The van der Waals surface area contributed by atoms with Crippen molar-refractivity contribution < 1.29 is 4.74 Å². The smallest absolute Gasteiger partial charge is 0.0594 e. The van der Waals surface area contributed by atoms with E-state index in [1.165, 1.54) is 31.7 Å². The van der Waals surface area contributed by atoms with Crippen molar-refractivity contribution >= 4 is 11.8 Å². The minimum Gasteiger partial charge on any atom is -0.379 e. The third-order valence-corrected chi connectivity index (χ3v) is 6.52. The fourth-order valence-corrected chi connectivity index (χ4v) is 5.30. The molecule has 0 amide bonds. The van der Waals surface area contributed by atoms with Crippen LogP contribution in [0.4, 0.5) is 0 Å². The molecule has 0 aromatic rings. The van der Waals surface area contributed by atoms with Crippen molar-refractivity contribution in [2.45, 2.75) is 36.6 Å². The van der Waals surface area contributed by atoms with Gasteiger partial charge < -0.3 is 10.5 Å². The maximum atomic E-state index is 6.15. The lowest BCUT2D eigenvalue weighted by atomic mass is 9.94. The average molecular weight is 285 g/mol. The first-order chi connectivity index (χ1) is 9.23. The number of nitrogens with two attached hydrogens (primary N) is 1. The van der Waals surface area contributed by atoms with E-state index in [0.717, 1.165) is 44.1 Å². The molecule has 3 unspecified atom stereocenters. The van der Waals surface area contributed by atoms with Crippen molar-refractivity contribution in [3.63, 3.8) is 0 Å². The van der Waals surface area contributed by atoms with Crippen LogP contribution in [0.3, 0.4) is 0 Å². The summed E-state index contributed by atoms with van der Waals surface area (Å²) in [6, 6.07) is 0.730. The lowest BCUT2D eigenvalue weighted by Crippen LogP contribution is -2.54. The molecule has 3 atom stereocenters. The van der Waals surface area contributed by atoms with E-state index in [4.69, 9.17) is 10.5 Å². The number of nitrogens with zero attached hydrogens (tertiary/aromatic N) is 2. The molecule has 110 valence electrons. The first kappa shape index (κ1) is 14.1. The van der Waals surface area contributed by atoms with Gasteiger partial charge in [0.2, 0.25) is 0 Å². The van der Waals surface area contributed by atoms with Gasteiger partial charge in [-0.25, -0.2) is 0 Å². The van der Waals surface area contributed by atoms with Gasteiger partial charge in [0.25, 0.3) is 0 Å². The van der Waals surface area contributed by atoms with E-state index in [1.54, 1.807) is 0 Å². The summed E-state index contributed by atoms with van der Waals surface area (Å²) in [4.78, 5) is 5.32. The van der Waals surface area contributed by atoms with Crippen LogP contribution >= 0.6 is 11.8 Å². The molecule has 3 rings (SSSR count). The van der Waals surface area contributed by atoms with Crippen molar-refractivity contribution in [1.29, 1.82) is 0 Å². The predicted molar refractivity (Wildman–Crippen MR) is 80.7 cm³/mol. The Bertz CT molecular complexity index is 311. The quantitative estimate of drug-likeness (QED) is 0.823.